The topological polar surface area (TPSA) is 126 Å². The molecule has 1 amide bonds. The van der Waals surface area contributed by atoms with E-state index in [-0.39, 0.29) is 30.2 Å². The summed E-state index contributed by atoms with van der Waals surface area (Å²) in [6.45, 7) is 2.82. The smallest absolute Gasteiger partial charge is 0.306 e. The summed E-state index contributed by atoms with van der Waals surface area (Å²) in [5, 5.41) is 27.0. The monoisotopic (exact) mass is 466 g/mol. The van der Waals surface area contributed by atoms with E-state index in [4.69, 9.17) is 16.7 Å². The number of carboxylic acids is 1. The van der Waals surface area contributed by atoms with Crippen molar-refractivity contribution >= 4 is 50.5 Å². The molecule has 11 heteroatoms. The van der Waals surface area contributed by atoms with Gasteiger partial charge in [-0.25, -0.2) is 4.68 Å². The van der Waals surface area contributed by atoms with Crippen LogP contribution in [0.2, 0.25) is 4.34 Å². The van der Waals surface area contributed by atoms with Gasteiger partial charge in [-0.05, 0) is 51.7 Å². The van der Waals surface area contributed by atoms with Crippen LogP contribution >= 0.6 is 22.9 Å². The minimum Gasteiger partial charge on any atom is -0.481 e. The van der Waals surface area contributed by atoms with Crippen molar-refractivity contribution in [2.45, 2.75) is 57.7 Å². The number of nitrogens with zero attached hydrogens (tertiary/aromatic N) is 3. The summed E-state index contributed by atoms with van der Waals surface area (Å²) in [5.41, 5.74) is -0.838. The number of aliphatic hydroxyl groups is 1. The van der Waals surface area contributed by atoms with Crippen molar-refractivity contribution in [3.05, 3.63) is 32.6 Å². The molecular formula is C20H23ClN4O5S. The average molecular weight is 467 g/mol. The highest BCUT2D eigenvalue weighted by Crippen LogP contribution is 2.33. The molecule has 0 saturated heterocycles. The minimum atomic E-state index is -1.38. The number of aliphatic carboxylic acids is 1. The molecule has 0 aliphatic heterocycles. The van der Waals surface area contributed by atoms with E-state index in [9.17, 15) is 19.5 Å². The van der Waals surface area contributed by atoms with E-state index in [0.717, 1.165) is 9.38 Å². The lowest BCUT2D eigenvalue weighted by Gasteiger charge is -2.27. The largest absolute Gasteiger partial charge is 0.481 e. The van der Waals surface area contributed by atoms with Crippen molar-refractivity contribution in [3.63, 3.8) is 0 Å². The molecule has 0 bridgehead atoms. The van der Waals surface area contributed by atoms with Crippen LogP contribution in [0.25, 0.3) is 15.7 Å². The van der Waals surface area contributed by atoms with E-state index < -0.39 is 17.1 Å². The maximum Gasteiger partial charge on any atom is 0.306 e. The van der Waals surface area contributed by atoms with Gasteiger partial charge in [0.25, 0.3) is 5.56 Å². The van der Waals surface area contributed by atoms with Gasteiger partial charge in [-0.3, -0.25) is 18.8 Å². The number of carbonyl (C=O) groups is 2. The van der Waals surface area contributed by atoms with Gasteiger partial charge in [-0.15, -0.1) is 11.3 Å². The first-order valence-corrected chi connectivity index (χ1v) is 11.2. The highest BCUT2D eigenvalue weighted by Gasteiger charge is 2.29. The lowest BCUT2D eigenvalue weighted by atomic mass is 9.86. The number of hydrogen-bond donors (Lipinski definition) is 3. The number of amides is 1. The number of hydrogen-bond acceptors (Lipinski definition) is 6. The summed E-state index contributed by atoms with van der Waals surface area (Å²) in [7, 11) is 0. The Hall–Kier alpha value is -2.43. The molecule has 3 N–H and O–H groups in total. The standard InChI is InChI=1S/C20H23ClN4O5S/c1-20(2,30)19-23-24(9-16(26)22-11-5-3-10(4-6-11)18(28)29)17(27)13-7-14-12(25(13)19)8-15(21)31-14/h7-8,10-11,30H,3-6,9H2,1-2H3,(H,22,26)(H,28,29)/t10-,11-. The van der Waals surface area contributed by atoms with Crippen LogP contribution < -0.4 is 10.9 Å². The lowest BCUT2D eigenvalue weighted by Crippen LogP contribution is -2.42. The summed E-state index contributed by atoms with van der Waals surface area (Å²) < 4.78 is 3.99. The first-order valence-electron chi connectivity index (χ1n) is 10.0. The molecule has 0 atom stereocenters. The van der Waals surface area contributed by atoms with E-state index >= 15 is 0 Å². The van der Waals surface area contributed by atoms with Crippen molar-refractivity contribution < 1.29 is 19.8 Å². The number of halogens is 1. The number of aromatic nitrogens is 3. The third-order valence-electron chi connectivity index (χ3n) is 5.62. The number of nitrogens with one attached hydrogen (secondary N) is 1. The zero-order valence-electron chi connectivity index (χ0n) is 17.1. The van der Waals surface area contributed by atoms with Gasteiger partial charge in [0, 0.05) is 6.04 Å². The summed E-state index contributed by atoms with van der Waals surface area (Å²) in [6, 6.07) is 3.28. The Bertz CT molecular complexity index is 1230. The molecule has 3 heterocycles. The summed E-state index contributed by atoms with van der Waals surface area (Å²) in [5.74, 6) is -1.33. The molecule has 166 valence electrons. The van der Waals surface area contributed by atoms with Crippen molar-refractivity contribution in [1.82, 2.24) is 19.5 Å². The molecule has 1 aliphatic carbocycles. The normalized spacial score (nSPS) is 19.7. The van der Waals surface area contributed by atoms with E-state index in [2.05, 4.69) is 10.4 Å². The lowest BCUT2D eigenvalue weighted by molar-refractivity contribution is -0.142. The maximum atomic E-state index is 13.0. The Morgan fingerprint density at radius 3 is 2.55 bits per heavy atom. The minimum absolute atomic E-state index is 0.128. The third kappa shape index (κ3) is 4.19. The summed E-state index contributed by atoms with van der Waals surface area (Å²) in [4.78, 5) is 36.7. The van der Waals surface area contributed by atoms with E-state index in [1.165, 1.54) is 11.3 Å². The molecule has 1 aliphatic rings. The summed E-state index contributed by atoms with van der Waals surface area (Å²) >= 11 is 7.42. The molecule has 1 saturated carbocycles. The van der Waals surface area contributed by atoms with Gasteiger partial charge in [0.1, 0.15) is 17.7 Å². The molecule has 0 unspecified atom stereocenters. The SMILES string of the molecule is CC(C)(O)c1nn(CC(=O)N[C@H]2CC[C@H](C(=O)O)CC2)c(=O)c2cc3sc(Cl)cc3n12. The van der Waals surface area contributed by atoms with Crippen LogP contribution in [0.1, 0.15) is 45.4 Å². The van der Waals surface area contributed by atoms with E-state index in [1.54, 1.807) is 30.4 Å². The predicted molar refractivity (Wildman–Crippen MR) is 117 cm³/mol. The second-order valence-corrected chi connectivity index (χ2v) is 10.2. The van der Waals surface area contributed by atoms with Gasteiger partial charge in [0.15, 0.2) is 5.82 Å². The number of thiophene rings is 1. The van der Waals surface area contributed by atoms with Crippen molar-refractivity contribution in [1.29, 1.82) is 0 Å². The zero-order chi connectivity index (χ0) is 22.5. The first-order chi connectivity index (χ1) is 14.5. The number of rotatable bonds is 5. The fraction of sp³-hybridized carbons (Fsp3) is 0.500. The highest BCUT2D eigenvalue weighted by atomic mass is 35.5. The second kappa shape index (κ2) is 7.92. The molecule has 0 radical (unpaired) electrons. The molecule has 4 rings (SSSR count). The molecular weight excluding hydrogens is 444 g/mol. The molecule has 9 nitrogen and oxygen atoms in total. The van der Waals surface area contributed by atoms with Gasteiger partial charge in [0.05, 0.1) is 20.5 Å². The van der Waals surface area contributed by atoms with Gasteiger partial charge in [-0.1, -0.05) is 11.6 Å². The molecule has 3 aromatic heterocycles. The fourth-order valence-corrected chi connectivity index (χ4v) is 5.24. The number of carbonyl (C=O) groups excluding carboxylic acids is 1. The Labute approximate surface area is 186 Å². The van der Waals surface area contributed by atoms with Crippen LogP contribution in [0.3, 0.4) is 0 Å². The predicted octanol–water partition coefficient (Wildman–Crippen LogP) is 2.35. The number of carboxylic acid groups (broad SMARTS) is 1. The van der Waals surface area contributed by atoms with Gasteiger partial charge < -0.3 is 15.5 Å². The van der Waals surface area contributed by atoms with Crippen LogP contribution in [-0.4, -0.2) is 42.3 Å². The van der Waals surface area contributed by atoms with Crippen molar-refractivity contribution in [3.8, 4) is 0 Å². The van der Waals surface area contributed by atoms with Crippen LogP contribution in [0.5, 0.6) is 0 Å². The highest BCUT2D eigenvalue weighted by molar-refractivity contribution is 7.22. The quantitative estimate of drug-likeness (QED) is 0.530. The maximum absolute atomic E-state index is 13.0. The van der Waals surface area contributed by atoms with Gasteiger partial charge in [0.2, 0.25) is 5.91 Å². The molecule has 0 aromatic carbocycles. The molecule has 0 spiro atoms. The summed E-state index contributed by atoms with van der Waals surface area (Å²) in [6.07, 6.45) is 2.18. The first kappa shape index (κ1) is 21.8. The Balaban J connectivity index is 1.62. The number of fused-ring (bicyclic) bond motifs is 3. The van der Waals surface area contributed by atoms with Gasteiger partial charge >= 0.3 is 5.97 Å². The van der Waals surface area contributed by atoms with E-state index in [1.807, 2.05) is 0 Å². The third-order valence-corrected chi connectivity index (χ3v) is 6.82. The second-order valence-electron chi connectivity index (χ2n) is 8.46. The van der Waals surface area contributed by atoms with Crippen molar-refractivity contribution in [2.24, 2.45) is 5.92 Å². The van der Waals surface area contributed by atoms with Gasteiger partial charge in [-0.2, -0.15) is 5.10 Å². The molecule has 31 heavy (non-hydrogen) atoms. The van der Waals surface area contributed by atoms with Crippen LogP contribution in [-0.2, 0) is 21.7 Å². The molecule has 3 aromatic rings. The van der Waals surface area contributed by atoms with Crippen LogP contribution in [0, 0.1) is 5.92 Å². The van der Waals surface area contributed by atoms with E-state index in [0.29, 0.717) is 41.1 Å². The molecule has 1 fully saturated rings. The Kier molecular flexibility index (Phi) is 5.57. The Morgan fingerprint density at radius 2 is 1.94 bits per heavy atom. The fourth-order valence-electron chi connectivity index (χ4n) is 4.08. The average Bonchev–Trinajstić information content (AvgIpc) is 3.20. The Morgan fingerprint density at radius 1 is 1.26 bits per heavy atom. The van der Waals surface area contributed by atoms with Crippen LogP contribution in [0.4, 0.5) is 0 Å². The van der Waals surface area contributed by atoms with Crippen molar-refractivity contribution in [2.75, 3.05) is 0 Å². The van der Waals surface area contributed by atoms with Crippen LogP contribution in [0.15, 0.2) is 16.9 Å². The zero-order valence-corrected chi connectivity index (χ0v) is 18.7.